The van der Waals surface area contributed by atoms with E-state index in [1.54, 1.807) is 0 Å². The van der Waals surface area contributed by atoms with Gasteiger partial charge in [0.2, 0.25) is 0 Å². The van der Waals surface area contributed by atoms with Crippen LogP contribution in [0.15, 0.2) is 237 Å². The van der Waals surface area contributed by atoms with Crippen molar-refractivity contribution in [1.82, 2.24) is 0 Å². The van der Waals surface area contributed by atoms with Crippen LogP contribution in [0.1, 0.15) is 0 Å². The number of fused-ring (bicyclic) bond motifs is 6. The molecule has 0 saturated heterocycles. The van der Waals surface area contributed by atoms with Gasteiger partial charge in [-0.05, 0) is 122 Å². The summed E-state index contributed by atoms with van der Waals surface area (Å²) < 4.78 is 5.30. The summed E-state index contributed by atoms with van der Waals surface area (Å²) in [6.45, 7) is 0. The van der Waals surface area contributed by atoms with Crippen molar-refractivity contribution in [3.63, 3.8) is 0 Å². The summed E-state index contributed by atoms with van der Waals surface area (Å²) in [5.41, 5.74) is 15.4. The van der Waals surface area contributed by atoms with E-state index in [0.29, 0.717) is 0 Å². The molecule has 3 heteroatoms. The third-order valence-corrected chi connectivity index (χ3v) is 14.7. The van der Waals surface area contributed by atoms with E-state index in [9.17, 15) is 0 Å². The number of anilines is 3. The van der Waals surface area contributed by atoms with Gasteiger partial charge in [-0.15, -0.1) is 22.7 Å². The fourth-order valence-electron chi connectivity index (χ4n) is 9.17. The minimum absolute atomic E-state index is 1.10. The van der Waals surface area contributed by atoms with E-state index in [-0.39, 0.29) is 0 Å². The van der Waals surface area contributed by atoms with Crippen molar-refractivity contribution in [2.24, 2.45) is 0 Å². The molecule has 0 N–H and O–H groups in total. The first-order chi connectivity index (χ1) is 31.2. The van der Waals surface area contributed by atoms with Crippen LogP contribution in [-0.2, 0) is 0 Å². The van der Waals surface area contributed by atoms with Crippen LogP contribution in [0.2, 0.25) is 0 Å². The van der Waals surface area contributed by atoms with Gasteiger partial charge < -0.3 is 4.90 Å². The molecule has 0 amide bonds. The molecular formula is C60H39NS2. The van der Waals surface area contributed by atoms with E-state index in [2.05, 4.69) is 241 Å². The standard InChI is InChI=1S/C60H39NS2/c1-3-13-40(14-4-1)45-37-46(41-15-5-2-6-16-41)39-47(38-45)42-25-31-48(32-26-42)61(49-33-27-43(28-34-49)51-19-11-21-55-53-17-7-9-23-57(53)62-59(51)55)50-35-29-44(30-36-50)52-20-12-22-56-54-18-8-10-24-58(54)63-60(52)56/h1-39H. The average molecular weight is 838 g/mol. The molecule has 0 aliphatic carbocycles. The summed E-state index contributed by atoms with van der Waals surface area (Å²) in [6, 6.07) is 86.5. The second-order valence-corrected chi connectivity index (χ2v) is 18.2. The molecular weight excluding hydrogens is 799 g/mol. The van der Waals surface area contributed by atoms with Crippen LogP contribution in [-0.4, -0.2) is 0 Å². The fraction of sp³-hybridized carbons (Fsp3) is 0. The van der Waals surface area contributed by atoms with Crippen molar-refractivity contribution >= 4 is 80.1 Å². The van der Waals surface area contributed by atoms with Crippen molar-refractivity contribution in [2.45, 2.75) is 0 Å². The molecule has 0 unspecified atom stereocenters. The summed E-state index contributed by atoms with van der Waals surface area (Å²) in [7, 11) is 0. The Morgan fingerprint density at radius 3 is 0.984 bits per heavy atom. The molecule has 63 heavy (non-hydrogen) atoms. The highest BCUT2D eigenvalue weighted by Crippen LogP contribution is 2.44. The first kappa shape index (κ1) is 37.2. The molecule has 0 atom stereocenters. The summed E-state index contributed by atoms with van der Waals surface area (Å²) in [5.74, 6) is 0. The number of hydrogen-bond donors (Lipinski definition) is 0. The maximum absolute atomic E-state index is 2.38. The number of benzene rings is 10. The van der Waals surface area contributed by atoms with Gasteiger partial charge in [-0.25, -0.2) is 0 Å². The highest BCUT2D eigenvalue weighted by molar-refractivity contribution is 7.26. The molecule has 0 bridgehead atoms. The third-order valence-electron chi connectivity index (χ3n) is 12.3. The zero-order valence-electron chi connectivity index (χ0n) is 34.3. The van der Waals surface area contributed by atoms with Crippen molar-refractivity contribution < 1.29 is 0 Å². The highest BCUT2D eigenvalue weighted by Gasteiger charge is 2.17. The van der Waals surface area contributed by atoms with Crippen molar-refractivity contribution in [1.29, 1.82) is 0 Å². The molecule has 0 aliphatic heterocycles. The average Bonchev–Trinajstić information content (AvgIpc) is 3.94. The van der Waals surface area contributed by atoms with Gasteiger partial charge in [-0.1, -0.05) is 170 Å². The molecule has 0 fully saturated rings. The Morgan fingerprint density at radius 2 is 0.571 bits per heavy atom. The zero-order valence-corrected chi connectivity index (χ0v) is 35.9. The molecule has 0 radical (unpaired) electrons. The normalized spacial score (nSPS) is 11.5. The Kier molecular flexibility index (Phi) is 9.29. The molecule has 296 valence electrons. The first-order valence-electron chi connectivity index (χ1n) is 21.4. The lowest BCUT2D eigenvalue weighted by atomic mass is 9.93. The lowest BCUT2D eigenvalue weighted by Gasteiger charge is -2.26. The predicted molar refractivity (Wildman–Crippen MR) is 274 cm³/mol. The smallest absolute Gasteiger partial charge is 0.0462 e. The molecule has 10 aromatic carbocycles. The van der Waals surface area contributed by atoms with Crippen LogP contribution in [0.25, 0.3) is 96.0 Å². The van der Waals surface area contributed by atoms with Crippen LogP contribution < -0.4 is 4.90 Å². The largest absolute Gasteiger partial charge is 0.311 e. The lowest BCUT2D eigenvalue weighted by Crippen LogP contribution is -2.09. The van der Waals surface area contributed by atoms with Crippen LogP contribution in [0, 0.1) is 0 Å². The summed E-state index contributed by atoms with van der Waals surface area (Å²) in [6.07, 6.45) is 0. The molecule has 2 aromatic heterocycles. The number of thiophene rings is 2. The van der Waals surface area contributed by atoms with E-state index in [4.69, 9.17) is 0 Å². The number of hydrogen-bond acceptors (Lipinski definition) is 3. The SMILES string of the molecule is c1ccc(-c2cc(-c3ccccc3)cc(-c3ccc(N(c4ccc(-c5cccc6c5sc5ccccc56)cc4)c4ccc(-c5cccc6c5sc5ccccc56)cc4)cc3)c2)cc1. The second-order valence-electron chi connectivity index (χ2n) is 16.1. The molecule has 0 aliphatic rings. The van der Waals surface area contributed by atoms with Crippen molar-refractivity contribution in [3.8, 4) is 55.6 Å². The van der Waals surface area contributed by atoms with Gasteiger partial charge in [0.1, 0.15) is 0 Å². The molecule has 1 nitrogen and oxygen atoms in total. The van der Waals surface area contributed by atoms with Gasteiger partial charge >= 0.3 is 0 Å². The molecule has 0 saturated carbocycles. The van der Waals surface area contributed by atoms with Gasteiger partial charge in [0.25, 0.3) is 0 Å². The van der Waals surface area contributed by atoms with E-state index >= 15 is 0 Å². The van der Waals surface area contributed by atoms with Crippen LogP contribution in [0.3, 0.4) is 0 Å². The van der Waals surface area contributed by atoms with Gasteiger partial charge in [0.05, 0.1) is 0 Å². The third kappa shape index (κ3) is 6.79. The maximum atomic E-state index is 2.38. The van der Waals surface area contributed by atoms with E-state index < -0.39 is 0 Å². The number of nitrogens with zero attached hydrogens (tertiary/aromatic N) is 1. The van der Waals surface area contributed by atoms with Crippen molar-refractivity contribution in [3.05, 3.63) is 237 Å². The molecule has 12 rings (SSSR count). The minimum Gasteiger partial charge on any atom is -0.311 e. The Hall–Kier alpha value is -7.56. The van der Waals surface area contributed by atoms with E-state index in [0.717, 1.165) is 17.1 Å². The topological polar surface area (TPSA) is 3.24 Å². The number of rotatable bonds is 8. The quantitative estimate of drug-likeness (QED) is 0.147. The summed E-state index contributed by atoms with van der Waals surface area (Å²) >= 11 is 3.75. The summed E-state index contributed by atoms with van der Waals surface area (Å²) in [4.78, 5) is 2.38. The zero-order chi connectivity index (χ0) is 41.7. The van der Waals surface area contributed by atoms with Crippen LogP contribution in [0.5, 0.6) is 0 Å². The molecule has 2 heterocycles. The van der Waals surface area contributed by atoms with Gasteiger partial charge in [-0.3, -0.25) is 0 Å². The Bertz CT molecular complexity index is 3370. The fourth-order valence-corrected chi connectivity index (χ4v) is 11.6. The van der Waals surface area contributed by atoms with E-state index in [1.165, 1.54) is 96.0 Å². The second kappa shape index (κ2) is 15.7. The Morgan fingerprint density at radius 1 is 0.238 bits per heavy atom. The van der Waals surface area contributed by atoms with Gasteiger partial charge in [-0.2, -0.15) is 0 Å². The van der Waals surface area contributed by atoms with Crippen LogP contribution >= 0.6 is 22.7 Å². The van der Waals surface area contributed by atoms with Crippen molar-refractivity contribution in [2.75, 3.05) is 4.90 Å². The highest BCUT2D eigenvalue weighted by atomic mass is 32.1. The predicted octanol–water partition coefficient (Wildman–Crippen LogP) is 18.2. The maximum Gasteiger partial charge on any atom is 0.0462 e. The van der Waals surface area contributed by atoms with Gasteiger partial charge in [0.15, 0.2) is 0 Å². The lowest BCUT2D eigenvalue weighted by molar-refractivity contribution is 1.28. The minimum atomic E-state index is 1.10. The summed E-state index contributed by atoms with van der Waals surface area (Å²) in [5, 5.41) is 5.27. The van der Waals surface area contributed by atoms with Crippen LogP contribution in [0.4, 0.5) is 17.1 Å². The van der Waals surface area contributed by atoms with Gasteiger partial charge in [0, 0.05) is 57.4 Å². The monoisotopic (exact) mass is 837 g/mol. The van der Waals surface area contributed by atoms with E-state index in [1.807, 2.05) is 22.7 Å². The first-order valence-corrected chi connectivity index (χ1v) is 23.0. The molecule has 0 spiro atoms. The Labute approximate surface area is 375 Å². The Balaban J connectivity index is 0.951. The molecule has 12 aromatic rings.